The van der Waals surface area contributed by atoms with Crippen LogP contribution in [0, 0.1) is 13.8 Å². The summed E-state index contributed by atoms with van der Waals surface area (Å²) in [7, 11) is 0. The molecule has 0 bridgehead atoms. The molecule has 2 atom stereocenters. The first-order chi connectivity index (χ1) is 9.90. The standard InChI is InChI=1S/C14H20N2O4S/c1-7-9(3)21-12(11(7)13(17)18)16-14(19)15-8(2)10-5-4-6-20-10/h8,10H,4-6H2,1-3H3,(H,17,18)(H2,15,16,19). The maximum atomic E-state index is 12.0. The van der Waals surface area contributed by atoms with Crippen LogP contribution in [-0.2, 0) is 4.74 Å². The lowest BCUT2D eigenvalue weighted by Gasteiger charge is -2.20. The molecule has 1 fully saturated rings. The van der Waals surface area contributed by atoms with Crippen LogP contribution in [0.5, 0.6) is 0 Å². The van der Waals surface area contributed by atoms with Crippen LogP contribution in [0.25, 0.3) is 0 Å². The van der Waals surface area contributed by atoms with Crippen LogP contribution in [-0.4, -0.2) is 35.9 Å². The Balaban J connectivity index is 2.02. The molecule has 0 spiro atoms. The largest absolute Gasteiger partial charge is 0.478 e. The van der Waals surface area contributed by atoms with Crippen molar-refractivity contribution in [1.82, 2.24) is 5.32 Å². The average molecular weight is 312 g/mol. The number of nitrogens with one attached hydrogen (secondary N) is 2. The molecular formula is C14H20N2O4S. The van der Waals surface area contributed by atoms with Gasteiger partial charge in [-0.3, -0.25) is 5.32 Å². The second kappa shape index (κ2) is 6.44. The van der Waals surface area contributed by atoms with Gasteiger partial charge in [-0.15, -0.1) is 11.3 Å². The molecule has 0 aromatic carbocycles. The highest BCUT2D eigenvalue weighted by molar-refractivity contribution is 7.16. The third kappa shape index (κ3) is 3.54. The van der Waals surface area contributed by atoms with Gasteiger partial charge in [0.25, 0.3) is 0 Å². The van der Waals surface area contributed by atoms with Gasteiger partial charge in [0.1, 0.15) is 5.00 Å². The number of amides is 2. The van der Waals surface area contributed by atoms with Crippen molar-refractivity contribution in [3.63, 3.8) is 0 Å². The number of anilines is 1. The summed E-state index contributed by atoms with van der Waals surface area (Å²) in [6, 6.07) is -0.510. The molecule has 1 saturated heterocycles. The van der Waals surface area contributed by atoms with Crippen LogP contribution in [0.1, 0.15) is 40.6 Å². The van der Waals surface area contributed by atoms with Crippen molar-refractivity contribution in [3.8, 4) is 0 Å². The zero-order valence-electron chi connectivity index (χ0n) is 12.4. The SMILES string of the molecule is Cc1sc(NC(=O)NC(C)C2CCCO2)c(C(=O)O)c1C. The van der Waals surface area contributed by atoms with Crippen LogP contribution in [0.15, 0.2) is 0 Å². The van der Waals surface area contributed by atoms with E-state index in [-0.39, 0.29) is 17.7 Å². The minimum absolute atomic E-state index is 0.0292. The van der Waals surface area contributed by atoms with E-state index in [0.717, 1.165) is 24.3 Å². The van der Waals surface area contributed by atoms with E-state index in [1.165, 1.54) is 11.3 Å². The number of carbonyl (C=O) groups excluding carboxylic acids is 1. The van der Waals surface area contributed by atoms with E-state index < -0.39 is 12.0 Å². The summed E-state index contributed by atoms with van der Waals surface area (Å²) < 4.78 is 5.52. The molecule has 1 aromatic heterocycles. The number of aromatic carboxylic acids is 1. The normalized spacial score (nSPS) is 19.3. The van der Waals surface area contributed by atoms with E-state index in [1.807, 2.05) is 13.8 Å². The van der Waals surface area contributed by atoms with Gasteiger partial charge in [-0.05, 0) is 39.2 Å². The molecule has 21 heavy (non-hydrogen) atoms. The monoisotopic (exact) mass is 312 g/mol. The Morgan fingerprint density at radius 1 is 1.43 bits per heavy atom. The van der Waals surface area contributed by atoms with E-state index in [2.05, 4.69) is 10.6 Å². The van der Waals surface area contributed by atoms with Crippen molar-refractivity contribution >= 4 is 28.3 Å². The van der Waals surface area contributed by atoms with Gasteiger partial charge in [0.15, 0.2) is 0 Å². The fourth-order valence-corrected chi connectivity index (χ4v) is 3.46. The molecule has 0 saturated carbocycles. The maximum Gasteiger partial charge on any atom is 0.338 e. The van der Waals surface area contributed by atoms with Crippen LogP contribution >= 0.6 is 11.3 Å². The van der Waals surface area contributed by atoms with E-state index in [0.29, 0.717) is 10.6 Å². The molecule has 3 N–H and O–H groups in total. The lowest BCUT2D eigenvalue weighted by molar-refractivity contribution is 0.0697. The topological polar surface area (TPSA) is 87.7 Å². The Bertz CT molecular complexity index is 549. The summed E-state index contributed by atoms with van der Waals surface area (Å²) in [6.07, 6.45) is 1.96. The lowest BCUT2D eigenvalue weighted by atomic mass is 10.1. The molecule has 6 nitrogen and oxygen atoms in total. The van der Waals surface area contributed by atoms with Gasteiger partial charge in [-0.1, -0.05) is 0 Å². The summed E-state index contributed by atoms with van der Waals surface area (Å²) in [6.45, 7) is 6.20. The van der Waals surface area contributed by atoms with Gasteiger partial charge >= 0.3 is 12.0 Å². The molecule has 116 valence electrons. The predicted molar refractivity (Wildman–Crippen MR) is 81.3 cm³/mol. The molecule has 1 aromatic rings. The number of carboxylic acids is 1. The maximum absolute atomic E-state index is 12.0. The second-order valence-corrected chi connectivity index (χ2v) is 6.46. The van der Waals surface area contributed by atoms with Crippen LogP contribution in [0.4, 0.5) is 9.80 Å². The van der Waals surface area contributed by atoms with Gasteiger partial charge < -0.3 is 15.2 Å². The van der Waals surface area contributed by atoms with Crippen LogP contribution in [0.3, 0.4) is 0 Å². The predicted octanol–water partition coefficient (Wildman–Crippen LogP) is 2.75. The lowest BCUT2D eigenvalue weighted by Crippen LogP contribution is -2.43. The third-order valence-corrected chi connectivity index (χ3v) is 4.83. The van der Waals surface area contributed by atoms with E-state index in [9.17, 15) is 14.7 Å². The zero-order valence-corrected chi connectivity index (χ0v) is 13.2. The second-order valence-electron chi connectivity index (χ2n) is 5.23. The smallest absolute Gasteiger partial charge is 0.338 e. The Morgan fingerprint density at radius 3 is 2.71 bits per heavy atom. The van der Waals surface area contributed by atoms with Crippen LogP contribution < -0.4 is 10.6 Å². The Kier molecular flexibility index (Phi) is 4.84. The number of carbonyl (C=O) groups is 2. The van der Waals surface area contributed by atoms with Gasteiger partial charge in [0.05, 0.1) is 17.7 Å². The number of hydrogen-bond acceptors (Lipinski definition) is 4. The molecule has 2 amide bonds. The summed E-state index contributed by atoms with van der Waals surface area (Å²) >= 11 is 1.27. The fourth-order valence-electron chi connectivity index (χ4n) is 2.41. The van der Waals surface area contributed by atoms with Gasteiger partial charge in [-0.25, -0.2) is 9.59 Å². The van der Waals surface area contributed by atoms with E-state index in [1.54, 1.807) is 6.92 Å². The third-order valence-electron chi connectivity index (χ3n) is 3.71. The highest BCUT2D eigenvalue weighted by atomic mass is 32.1. The summed E-state index contributed by atoms with van der Waals surface area (Å²) in [5, 5.41) is 15.1. The summed E-state index contributed by atoms with van der Waals surface area (Å²) in [5.74, 6) is -1.03. The number of hydrogen-bond donors (Lipinski definition) is 3. The molecule has 1 aliphatic rings. The minimum Gasteiger partial charge on any atom is -0.478 e. The van der Waals surface area contributed by atoms with E-state index >= 15 is 0 Å². The number of carboxylic acid groups (broad SMARTS) is 1. The van der Waals surface area contributed by atoms with Gasteiger partial charge in [-0.2, -0.15) is 0 Å². The first kappa shape index (κ1) is 15.8. The molecule has 2 heterocycles. The highest BCUT2D eigenvalue weighted by Gasteiger charge is 2.25. The van der Waals surface area contributed by atoms with Crippen molar-refractivity contribution < 1.29 is 19.4 Å². The summed E-state index contributed by atoms with van der Waals surface area (Å²) in [4.78, 5) is 24.2. The molecule has 7 heteroatoms. The first-order valence-electron chi connectivity index (χ1n) is 6.92. The molecular weight excluding hydrogens is 292 g/mol. The molecule has 0 aliphatic carbocycles. The molecule has 2 unspecified atom stereocenters. The summed E-state index contributed by atoms with van der Waals surface area (Å²) in [5.41, 5.74) is 0.854. The van der Waals surface area contributed by atoms with Crippen molar-refractivity contribution in [1.29, 1.82) is 0 Å². The molecule has 2 rings (SSSR count). The van der Waals surface area contributed by atoms with Crippen molar-refractivity contribution in [2.75, 3.05) is 11.9 Å². The number of urea groups is 1. The van der Waals surface area contributed by atoms with Crippen LogP contribution in [0.2, 0.25) is 0 Å². The molecule has 0 radical (unpaired) electrons. The zero-order chi connectivity index (χ0) is 15.6. The van der Waals surface area contributed by atoms with E-state index in [4.69, 9.17) is 4.74 Å². The highest BCUT2D eigenvalue weighted by Crippen LogP contribution is 2.32. The number of aryl methyl sites for hydroxylation is 1. The fraction of sp³-hybridized carbons (Fsp3) is 0.571. The number of thiophene rings is 1. The number of ether oxygens (including phenoxy) is 1. The Hall–Kier alpha value is -1.60. The van der Waals surface area contributed by atoms with Gasteiger partial charge in [0, 0.05) is 11.5 Å². The quantitative estimate of drug-likeness (QED) is 0.797. The average Bonchev–Trinajstić information content (AvgIpc) is 2.99. The first-order valence-corrected chi connectivity index (χ1v) is 7.74. The molecule has 1 aliphatic heterocycles. The van der Waals surface area contributed by atoms with Crippen molar-refractivity contribution in [2.45, 2.75) is 45.8 Å². The Morgan fingerprint density at radius 2 is 2.14 bits per heavy atom. The van der Waals surface area contributed by atoms with Gasteiger partial charge in [0.2, 0.25) is 0 Å². The van der Waals surface area contributed by atoms with Crippen molar-refractivity contribution in [3.05, 3.63) is 16.0 Å². The Labute approximate surface area is 127 Å². The minimum atomic E-state index is -1.03. The van der Waals surface area contributed by atoms with Crippen molar-refractivity contribution in [2.24, 2.45) is 0 Å². The number of rotatable bonds is 4.